The van der Waals surface area contributed by atoms with Crippen molar-refractivity contribution in [3.8, 4) is 11.1 Å². The second-order valence-corrected chi connectivity index (χ2v) is 8.70. The van der Waals surface area contributed by atoms with E-state index in [2.05, 4.69) is 48.4 Å². The van der Waals surface area contributed by atoms with E-state index in [1.54, 1.807) is 0 Å². The zero-order valence-electron chi connectivity index (χ0n) is 18.6. The molecule has 2 N–H and O–H groups in total. The van der Waals surface area contributed by atoms with Gasteiger partial charge >= 0.3 is 6.03 Å². The lowest BCUT2D eigenvalue weighted by molar-refractivity contribution is 0.191. The number of hydrogen-bond acceptors (Lipinski definition) is 2. The SMILES string of the molecule is Cc1cc2nc(C3CCCN(C(=O)Nc4ccccc4-c4ccccc4)C3)[nH]c2cc1C. The lowest BCUT2D eigenvalue weighted by Crippen LogP contribution is -2.41. The van der Waals surface area contributed by atoms with Gasteiger partial charge in [-0.25, -0.2) is 9.78 Å². The van der Waals surface area contributed by atoms with Gasteiger partial charge in [-0.05, 0) is 61.6 Å². The van der Waals surface area contributed by atoms with Gasteiger partial charge in [0.2, 0.25) is 0 Å². The van der Waals surface area contributed by atoms with Crippen molar-refractivity contribution in [1.29, 1.82) is 0 Å². The van der Waals surface area contributed by atoms with E-state index >= 15 is 0 Å². The van der Waals surface area contributed by atoms with Gasteiger partial charge in [-0.1, -0.05) is 48.5 Å². The van der Waals surface area contributed by atoms with Gasteiger partial charge < -0.3 is 15.2 Å². The zero-order valence-corrected chi connectivity index (χ0v) is 18.6. The van der Waals surface area contributed by atoms with Crippen molar-refractivity contribution in [2.45, 2.75) is 32.6 Å². The molecule has 1 aliphatic heterocycles. The van der Waals surface area contributed by atoms with Crippen LogP contribution in [0.3, 0.4) is 0 Å². The maximum atomic E-state index is 13.2. The van der Waals surface area contributed by atoms with Crippen LogP contribution in [0.4, 0.5) is 10.5 Å². The van der Waals surface area contributed by atoms with Crippen LogP contribution in [0.25, 0.3) is 22.2 Å². The Kier molecular flexibility index (Phi) is 5.39. The van der Waals surface area contributed by atoms with Crippen LogP contribution in [-0.4, -0.2) is 34.0 Å². The minimum Gasteiger partial charge on any atom is -0.342 e. The molecule has 0 radical (unpaired) electrons. The number of anilines is 1. The first-order valence-electron chi connectivity index (χ1n) is 11.3. The Morgan fingerprint density at radius 1 is 1.03 bits per heavy atom. The highest BCUT2D eigenvalue weighted by molar-refractivity contribution is 5.94. The minimum absolute atomic E-state index is 0.0547. The standard InChI is InChI=1S/C27H28N4O/c1-18-15-24-25(16-19(18)2)29-26(28-24)21-11-8-14-31(17-21)27(32)30-23-13-7-6-12-22(23)20-9-4-3-5-10-20/h3-7,9-10,12-13,15-16,21H,8,11,14,17H2,1-2H3,(H,28,29)(H,30,32). The summed E-state index contributed by atoms with van der Waals surface area (Å²) in [6, 6.07) is 22.4. The minimum atomic E-state index is -0.0547. The number of nitrogens with zero attached hydrogens (tertiary/aromatic N) is 2. The summed E-state index contributed by atoms with van der Waals surface area (Å²) in [6.45, 7) is 5.66. The van der Waals surface area contributed by atoms with Crippen LogP contribution in [0.1, 0.15) is 35.7 Å². The fourth-order valence-electron chi connectivity index (χ4n) is 4.52. The fraction of sp³-hybridized carbons (Fsp3) is 0.259. The molecule has 0 bridgehead atoms. The van der Waals surface area contributed by atoms with Crippen LogP contribution in [0.5, 0.6) is 0 Å². The summed E-state index contributed by atoms with van der Waals surface area (Å²) in [6.07, 6.45) is 2.00. The Morgan fingerprint density at radius 3 is 2.62 bits per heavy atom. The molecule has 2 amide bonds. The predicted octanol–water partition coefficient (Wildman–Crippen LogP) is 6.26. The van der Waals surface area contributed by atoms with E-state index in [0.29, 0.717) is 6.54 Å². The molecule has 5 rings (SSSR count). The van der Waals surface area contributed by atoms with Crippen molar-refractivity contribution in [2.75, 3.05) is 18.4 Å². The number of likely N-dealkylation sites (tertiary alicyclic amines) is 1. The van der Waals surface area contributed by atoms with Crippen molar-refractivity contribution in [1.82, 2.24) is 14.9 Å². The Morgan fingerprint density at radius 2 is 1.78 bits per heavy atom. The van der Waals surface area contributed by atoms with Crippen molar-refractivity contribution in [3.05, 3.63) is 83.7 Å². The van der Waals surface area contributed by atoms with Gasteiger partial charge in [0, 0.05) is 24.6 Å². The molecule has 5 nitrogen and oxygen atoms in total. The Balaban J connectivity index is 1.34. The lowest BCUT2D eigenvalue weighted by atomic mass is 9.97. The van der Waals surface area contributed by atoms with Gasteiger partial charge in [0.1, 0.15) is 5.82 Å². The number of aromatic amines is 1. The van der Waals surface area contributed by atoms with Gasteiger partial charge in [0.15, 0.2) is 0 Å². The molecule has 1 fully saturated rings. The number of amides is 2. The number of rotatable bonds is 3. The fourth-order valence-corrected chi connectivity index (χ4v) is 4.52. The third kappa shape index (κ3) is 3.98. The zero-order chi connectivity index (χ0) is 22.1. The number of para-hydroxylation sites is 1. The number of H-pyrrole nitrogens is 1. The topological polar surface area (TPSA) is 61.0 Å². The van der Waals surface area contributed by atoms with Gasteiger partial charge in [-0.15, -0.1) is 0 Å². The van der Waals surface area contributed by atoms with Gasteiger partial charge in [-0.3, -0.25) is 0 Å². The molecule has 1 aliphatic rings. The molecule has 3 aromatic carbocycles. The first kappa shape index (κ1) is 20.3. The van der Waals surface area contributed by atoms with Gasteiger partial charge in [0.25, 0.3) is 0 Å². The molecular weight excluding hydrogens is 396 g/mol. The average molecular weight is 425 g/mol. The number of hydrogen-bond donors (Lipinski definition) is 2. The monoisotopic (exact) mass is 424 g/mol. The molecule has 1 saturated heterocycles. The molecule has 1 unspecified atom stereocenters. The van der Waals surface area contributed by atoms with Crippen LogP contribution >= 0.6 is 0 Å². The Bertz CT molecular complexity index is 1220. The maximum Gasteiger partial charge on any atom is 0.321 e. The molecule has 162 valence electrons. The van der Waals surface area contributed by atoms with E-state index in [-0.39, 0.29) is 11.9 Å². The first-order chi connectivity index (χ1) is 15.6. The van der Waals surface area contributed by atoms with E-state index < -0.39 is 0 Å². The second kappa shape index (κ2) is 8.50. The van der Waals surface area contributed by atoms with E-state index in [4.69, 9.17) is 4.98 Å². The van der Waals surface area contributed by atoms with Gasteiger partial charge in [-0.2, -0.15) is 0 Å². The van der Waals surface area contributed by atoms with Crippen molar-refractivity contribution in [3.63, 3.8) is 0 Å². The highest BCUT2D eigenvalue weighted by Crippen LogP contribution is 2.30. The number of imidazole rings is 1. The second-order valence-electron chi connectivity index (χ2n) is 8.70. The summed E-state index contributed by atoms with van der Waals surface area (Å²) in [7, 11) is 0. The number of carbonyl (C=O) groups excluding carboxylic acids is 1. The van der Waals surface area contributed by atoms with Crippen LogP contribution in [0, 0.1) is 13.8 Å². The Labute approximate surface area is 188 Å². The number of piperidine rings is 1. The molecule has 0 aliphatic carbocycles. The van der Waals surface area contributed by atoms with Crippen LogP contribution in [0.2, 0.25) is 0 Å². The molecule has 32 heavy (non-hydrogen) atoms. The summed E-state index contributed by atoms with van der Waals surface area (Å²) >= 11 is 0. The number of aryl methyl sites for hydroxylation is 2. The molecule has 2 heterocycles. The average Bonchev–Trinajstić information content (AvgIpc) is 3.23. The summed E-state index contributed by atoms with van der Waals surface area (Å²) < 4.78 is 0. The van der Waals surface area contributed by atoms with Crippen molar-refractivity contribution >= 4 is 22.8 Å². The summed E-state index contributed by atoms with van der Waals surface area (Å²) in [4.78, 5) is 23.4. The van der Waals surface area contributed by atoms with E-state index in [1.165, 1.54) is 11.1 Å². The number of benzene rings is 3. The molecule has 0 saturated carbocycles. The van der Waals surface area contributed by atoms with Crippen molar-refractivity contribution in [2.24, 2.45) is 0 Å². The van der Waals surface area contributed by atoms with Crippen LogP contribution in [0.15, 0.2) is 66.7 Å². The van der Waals surface area contributed by atoms with E-state index in [1.807, 2.05) is 47.4 Å². The lowest BCUT2D eigenvalue weighted by Gasteiger charge is -2.32. The largest absolute Gasteiger partial charge is 0.342 e. The number of aromatic nitrogens is 2. The highest BCUT2D eigenvalue weighted by Gasteiger charge is 2.27. The first-order valence-corrected chi connectivity index (χ1v) is 11.3. The smallest absolute Gasteiger partial charge is 0.321 e. The molecule has 1 atom stereocenters. The van der Waals surface area contributed by atoms with Crippen LogP contribution in [-0.2, 0) is 0 Å². The molecular formula is C27H28N4O. The molecule has 1 aromatic heterocycles. The predicted molar refractivity (Wildman–Crippen MR) is 130 cm³/mol. The number of nitrogens with one attached hydrogen (secondary N) is 2. The maximum absolute atomic E-state index is 13.2. The van der Waals surface area contributed by atoms with E-state index in [9.17, 15) is 4.79 Å². The normalized spacial score (nSPS) is 16.3. The number of carbonyl (C=O) groups is 1. The highest BCUT2D eigenvalue weighted by atomic mass is 16.2. The molecule has 4 aromatic rings. The van der Waals surface area contributed by atoms with E-state index in [0.717, 1.165) is 53.1 Å². The molecule has 0 spiro atoms. The van der Waals surface area contributed by atoms with Crippen LogP contribution < -0.4 is 5.32 Å². The number of urea groups is 1. The quantitative estimate of drug-likeness (QED) is 0.408. The third-order valence-electron chi connectivity index (χ3n) is 6.46. The van der Waals surface area contributed by atoms with Gasteiger partial charge in [0.05, 0.1) is 16.7 Å². The summed E-state index contributed by atoms with van der Waals surface area (Å²) in [5.74, 6) is 1.19. The summed E-state index contributed by atoms with van der Waals surface area (Å²) in [5.41, 5.74) is 7.53. The molecule has 5 heteroatoms. The number of fused-ring (bicyclic) bond motifs is 1. The Hall–Kier alpha value is -3.60. The summed E-state index contributed by atoms with van der Waals surface area (Å²) in [5, 5.41) is 3.15. The third-order valence-corrected chi connectivity index (χ3v) is 6.46. The van der Waals surface area contributed by atoms with Crippen molar-refractivity contribution < 1.29 is 4.79 Å².